The lowest BCUT2D eigenvalue weighted by Gasteiger charge is -2.43. The van der Waals surface area contributed by atoms with Crippen molar-refractivity contribution < 1.29 is 28.8 Å². The van der Waals surface area contributed by atoms with Crippen LogP contribution in [0.4, 0.5) is 4.39 Å². The van der Waals surface area contributed by atoms with Gasteiger partial charge in [-0.25, -0.2) is 4.39 Å². The number of halogens is 1. The first-order valence-corrected chi connectivity index (χ1v) is 13.4. The maximum Gasteiger partial charge on any atom is 0.455 e. The first-order chi connectivity index (χ1) is 18.3. The molecule has 2 N–H and O–H groups in total. The van der Waals surface area contributed by atoms with Crippen molar-refractivity contribution in [3.8, 4) is 5.75 Å². The van der Waals surface area contributed by atoms with E-state index in [2.05, 4.69) is 6.92 Å². The van der Waals surface area contributed by atoms with E-state index in [1.165, 1.54) is 22.6 Å². The number of hydrogen-bond donors (Lipinski definition) is 2. The number of hydrogen-bond acceptors (Lipinski definition) is 5. The molecule has 3 aliphatic rings. The minimum Gasteiger partial charge on any atom is -0.505 e. The molecular formula is C30H33BFNO5. The summed E-state index contributed by atoms with van der Waals surface area (Å²) in [5.74, 6) is -2.40. The Morgan fingerprint density at radius 2 is 1.92 bits per heavy atom. The van der Waals surface area contributed by atoms with Gasteiger partial charge in [-0.3, -0.25) is 14.5 Å². The number of phenolic OH excluding ortho intramolecular Hbond substituents is 1. The number of fused-ring (bicyclic) bond motifs is 3. The lowest BCUT2D eigenvalue weighted by molar-refractivity contribution is -0.138. The van der Waals surface area contributed by atoms with Crippen molar-refractivity contribution in [3.05, 3.63) is 76.6 Å². The fourth-order valence-corrected chi connectivity index (χ4v) is 6.51. The predicted molar refractivity (Wildman–Crippen MR) is 144 cm³/mol. The van der Waals surface area contributed by atoms with Crippen molar-refractivity contribution in [3.63, 3.8) is 0 Å². The predicted octanol–water partition coefficient (Wildman–Crippen LogP) is 5.08. The van der Waals surface area contributed by atoms with Crippen molar-refractivity contribution >= 4 is 30.6 Å². The van der Waals surface area contributed by atoms with Gasteiger partial charge in [-0.15, -0.1) is 0 Å². The molecule has 6 nitrogen and oxygen atoms in total. The van der Waals surface area contributed by atoms with Gasteiger partial charge in [0.2, 0.25) is 11.8 Å². The second kappa shape index (κ2) is 10.9. The van der Waals surface area contributed by atoms with Crippen LogP contribution in [0.25, 0.3) is 11.6 Å². The summed E-state index contributed by atoms with van der Waals surface area (Å²) < 4.78 is 20.2. The molecule has 1 aliphatic carbocycles. The van der Waals surface area contributed by atoms with E-state index < -0.39 is 24.6 Å². The van der Waals surface area contributed by atoms with Gasteiger partial charge >= 0.3 is 7.12 Å². The van der Waals surface area contributed by atoms with Gasteiger partial charge in [0.05, 0.1) is 17.9 Å². The molecule has 198 valence electrons. The SMILES string of the molecule is CCCC1=C2[C@@H](CC/C(=C/c3ccc(O)c(F)c3)c3ccccc3)OB(O)C[C@@H]2[C@@H]2C(=O)N(C)C(=O)[C@@H]2C1. The monoisotopic (exact) mass is 517 g/mol. The Bertz CT molecular complexity index is 1290. The van der Waals surface area contributed by atoms with Crippen LogP contribution in [0.5, 0.6) is 5.75 Å². The van der Waals surface area contributed by atoms with Crippen LogP contribution in [0.1, 0.15) is 50.2 Å². The van der Waals surface area contributed by atoms with Crippen molar-refractivity contribution in [1.82, 2.24) is 4.90 Å². The number of imide groups is 1. The molecule has 0 bridgehead atoms. The Labute approximate surface area is 223 Å². The highest BCUT2D eigenvalue weighted by molar-refractivity contribution is 6.43. The second-order valence-corrected chi connectivity index (χ2v) is 10.6. The molecule has 4 atom stereocenters. The average molecular weight is 517 g/mol. The summed E-state index contributed by atoms with van der Waals surface area (Å²) >= 11 is 0. The Kier molecular flexibility index (Phi) is 7.55. The van der Waals surface area contributed by atoms with Gasteiger partial charge in [0, 0.05) is 7.05 Å². The number of amides is 2. The lowest BCUT2D eigenvalue weighted by atomic mass is 9.58. The average Bonchev–Trinajstić information content (AvgIpc) is 3.12. The summed E-state index contributed by atoms with van der Waals surface area (Å²) in [7, 11) is 0.540. The van der Waals surface area contributed by atoms with Gasteiger partial charge in [0.1, 0.15) is 0 Å². The van der Waals surface area contributed by atoms with E-state index in [1.54, 1.807) is 13.1 Å². The van der Waals surface area contributed by atoms with E-state index in [1.807, 2.05) is 36.4 Å². The van der Waals surface area contributed by atoms with E-state index in [4.69, 9.17) is 4.65 Å². The number of allylic oxidation sites excluding steroid dienone is 2. The highest BCUT2D eigenvalue weighted by Crippen LogP contribution is 2.51. The number of rotatable bonds is 7. The molecule has 2 aromatic carbocycles. The van der Waals surface area contributed by atoms with E-state index in [-0.39, 0.29) is 29.8 Å². The van der Waals surface area contributed by atoms with Crippen molar-refractivity contribution in [2.75, 3.05) is 7.05 Å². The highest BCUT2D eigenvalue weighted by Gasteiger charge is 2.56. The molecule has 0 unspecified atom stereocenters. The van der Waals surface area contributed by atoms with Crippen LogP contribution in [0.15, 0.2) is 59.7 Å². The smallest absolute Gasteiger partial charge is 0.455 e. The molecule has 0 saturated carbocycles. The van der Waals surface area contributed by atoms with Crippen LogP contribution in [0, 0.1) is 23.6 Å². The van der Waals surface area contributed by atoms with E-state index >= 15 is 0 Å². The van der Waals surface area contributed by atoms with Crippen LogP contribution in [0.3, 0.4) is 0 Å². The molecule has 0 aromatic heterocycles. The maximum atomic E-state index is 14.1. The van der Waals surface area contributed by atoms with Gasteiger partial charge in [-0.1, -0.05) is 61.4 Å². The van der Waals surface area contributed by atoms with Gasteiger partial charge < -0.3 is 14.8 Å². The summed E-state index contributed by atoms with van der Waals surface area (Å²) in [6.07, 6.45) is 5.27. The van der Waals surface area contributed by atoms with Crippen molar-refractivity contribution in [2.45, 2.75) is 51.5 Å². The third-order valence-electron chi connectivity index (χ3n) is 8.21. The Hall–Kier alpha value is -3.23. The van der Waals surface area contributed by atoms with Gasteiger partial charge in [-0.05, 0) is 72.3 Å². The molecule has 2 heterocycles. The van der Waals surface area contributed by atoms with E-state index in [0.29, 0.717) is 31.1 Å². The standard InChI is InChI=1S/C30H33BFNO5/c1-3-7-21-16-22-28(30(36)33(2)29(22)35)23-17-31(37)38-26(27(21)23)13-11-20(19-8-5-4-6-9-19)14-18-10-12-25(34)24(32)15-18/h4-6,8-10,12,14-15,22-23,26,28,34,37H,3,7,11,13,16-17H2,1-2H3/b20-14-/t22-,23+,26-,28-/m1/s1. The first kappa shape index (κ1) is 26.4. The van der Waals surface area contributed by atoms with Crippen LogP contribution in [-0.4, -0.2) is 47.1 Å². The number of carbonyl (C=O) groups excluding carboxylic acids is 2. The second-order valence-electron chi connectivity index (χ2n) is 10.6. The molecule has 2 amide bonds. The summed E-state index contributed by atoms with van der Waals surface area (Å²) in [6.45, 7) is 2.10. The number of aromatic hydroxyl groups is 1. The van der Waals surface area contributed by atoms with E-state index in [0.717, 1.165) is 29.6 Å². The number of likely N-dealkylation sites (tertiary alicyclic amines) is 1. The zero-order valence-corrected chi connectivity index (χ0v) is 21.8. The Morgan fingerprint density at radius 3 is 2.63 bits per heavy atom. The van der Waals surface area contributed by atoms with Crippen molar-refractivity contribution in [2.24, 2.45) is 17.8 Å². The number of phenols is 1. The molecule has 0 spiro atoms. The summed E-state index contributed by atoms with van der Waals surface area (Å²) in [4.78, 5) is 27.2. The zero-order chi connectivity index (χ0) is 27.0. The molecule has 5 rings (SSSR count). The van der Waals surface area contributed by atoms with Gasteiger partial charge in [-0.2, -0.15) is 0 Å². The normalized spacial score (nSPS) is 25.6. The molecule has 0 radical (unpaired) electrons. The molecule has 2 aromatic rings. The fourth-order valence-electron chi connectivity index (χ4n) is 6.51. The van der Waals surface area contributed by atoms with Crippen LogP contribution >= 0.6 is 0 Å². The molecule has 2 aliphatic heterocycles. The largest absolute Gasteiger partial charge is 0.505 e. The van der Waals surface area contributed by atoms with Gasteiger partial charge in [0.25, 0.3) is 0 Å². The zero-order valence-electron chi connectivity index (χ0n) is 21.8. The lowest BCUT2D eigenvalue weighted by Crippen LogP contribution is -2.46. The topological polar surface area (TPSA) is 87.1 Å². The summed E-state index contributed by atoms with van der Waals surface area (Å²) in [6, 6.07) is 14.1. The number of carbonyl (C=O) groups is 2. The third kappa shape index (κ3) is 4.95. The number of benzene rings is 2. The maximum absolute atomic E-state index is 14.1. The minimum atomic E-state index is -1.01. The quantitative estimate of drug-likeness (QED) is 0.232. The molecule has 2 fully saturated rings. The first-order valence-electron chi connectivity index (χ1n) is 13.4. The molecule has 2 saturated heterocycles. The van der Waals surface area contributed by atoms with Crippen LogP contribution < -0.4 is 0 Å². The summed E-state index contributed by atoms with van der Waals surface area (Å²) in [5, 5.41) is 20.3. The third-order valence-corrected chi connectivity index (χ3v) is 8.21. The van der Waals surface area contributed by atoms with Crippen LogP contribution in [0.2, 0.25) is 6.32 Å². The Morgan fingerprint density at radius 1 is 1.16 bits per heavy atom. The minimum absolute atomic E-state index is 0.124. The van der Waals surface area contributed by atoms with E-state index in [9.17, 15) is 24.1 Å². The molecular weight excluding hydrogens is 484 g/mol. The Balaban J connectivity index is 1.48. The fraction of sp³-hybridized carbons (Fsp3) is 0.400. The number of nitrogens with zero attached hydrogens (tertiary/aromatic N) is 1. The highest BCUT2D eigenvalue weighted by atomic mass is 19.1. The molecule has 8 heteroatoms. The molecule has 38 heavy (non-hydrogen) atoms. The van der Waals surface area contributed by atoms with Crippen LogP contribution in [-0.2, 0) is 14.2 Å². The summed E-state index contributed by atoms with van der Waals surface area (Å²) in [5.41, 5.74) is 4.84. The van der Waals surface area contributed by atoms with Gasteiger partial charge in [0.15, 0.2) is 11.6 Å². The van der Waals surface area contributed by atoms with Crippen molar-refractivity contribution in [1.29, 1.82) is 0 Å².